The van der Waals surface area contributed by atoms with E-state index in [0.717, 1.165) is 5.56 Å². The van der Waals surface area contributed by atoms with Gasteiger partial charge in [-0.05, 0) is 29.8 Å². The molecule has 5 nitrogen and oxygen atoms in total. The summed E-state index contributed by atoms with van der Waals surface area (Å²) in [7, 11) is 1.49. The summed E-state index contributed by atoms with van der Waals surface area (Å²) in [4.78, 5) is 12.2. The number of carbonyl (C=O) groups is 1. The lowest BCUT2D eigenvalue weighted by atomic mass is 10.1. The fraction of sp³-hybridized carbons (Fsp3) is 0.150. The predicted octanol–water partition coefficient (Wildman–Crippen LogP) is 3.60. The number of phenolic OH excluding ortho intramolecular Hbond substituents is 1. The molecule has 0 fully saturated rings. The highest BCUT2D eigenvalue weighted by Gasteiger charge is 2.18. The van der Waals surface area contributed by atoms with Crippen molar-refractivity contribution in [2.75, 3.05) is 7.11 Å². The van der Waals surface area contributed by atoms with Crippen LogP contribution in [0.4, 0.5) is 0 Å². The van der Waals surface area contributed by atoms with Gasteiger partial charge in [-0.25, -0.2) is 0 Å². The van der Waals surface area contributed by atoms with E-state index in [-0.39, 0.29) is 17.1 Å². The minimum Gasteiger partial charge on any atom is -0.507 e. The lowest BCUT2D eigenvalue weighted by molar-refractivity contribution is -0.0269. The van der Waals surface area contributed by atoms with Gasteiger partial charge >= 0.3 is 0 Å². The molecule has 0 spiro atoms. The Labute approximate surface area is 145 Å². The summed E-state index contributed by atoms with van der Waals surface area (Å²) in [6.07, 6.45) is 4.54. The van der Waals surface area contributed by atoms with Gasteiger partial charge in [0, 0.05) is 12.5 Å². The molecule has 1 heterocycles. The molecule has 2 aromatic carbocycles. The second kappa shape index (κ2) is 7.57. The fourth-order valence-electron chi connectivity index (χ4n) is 2.42. The molecule has 1 atom stereocenters. The number of benzene rings is 2. The van der Waals surface area contributed by atoms with E-state index in [4.69, 9.17) is 14.2 Å². The first-order valence-corrected chi connectivity index (χ1v) is 7.81. The van der Waals surface area contributed by atoms with Crippen molar-refractivity contribution in [2.45, 2.75) is 12.7 Å². The Morgan fingerprint density at radius 1 is 1.24 bits per heavy atom. The third kappa shape index (κ3) is 4.20. The van der Waals surface area contributed by atoms with Crippen molar-refractivity contribution in [3.05, 3.63) is 83.8 Å². The van der Waals surface area contributed by atoms with Gasteiger partial charge in [0.05, 0.1) is 12.7 Å². The smallest absolute Gasteiger partial charge is 0.244 e. The molecule has 0 saturated heterocycles. The van der Waals surface area contributed by atoms with Crippen LogP contribution in [0.15, 0.2) is 72.7 Å². The van der Waals surface area contributed by atoms with Crippen LogP contribution >= 0.6 is 0 Å². The highest BCUT2D eigenvalue weighted by molar-refractivity contribution is 6.06. The highest BCUT2D eigenvalue weighted by Crippen LogP contribution is 2.24. The van der Waals surface area contributed by atoms with Crippen LogP contribution in [-0.2, 0) is 15.9 Å². The molecular weight excluding hydrogens is 320 g/mol. The van der Waals surface area contributed by atoms with Crippen LogP contribution in [-0.4, -0.2) is 24.3 Å². The third-order valence-electron chi connectivity index (χ3n) is 3.72. The Kier molecular flexibility index (Phi) is 5.04. The second-order valence-corrected chi connectivity index (χ2v) is 5.47. The number of ether oxygens (including phenoxy) is 3. The molecule has 1 aliphatic heterocycles. The number of hydrogen-bond acceptors (Lipinski definition) is 5. The Morgan fingerprint density at radius 2 is 2.04 bits per heavy atom. The second-order valence-electron chi connectivity index (χ2n) is 5.47. The van der Waals surface area contributed by atoms with Crippen molar-refractivity contribution >= 4 is 5.78 Å². The van der Waals surface area contributed by atoms with Crippen molar-refractivity contribution in [1.29, 1.82) is 0 Å². The van der Waals surface area contributed by atoms with Gasteiger partial charge in [0.2, 0.25) is 6.29 Å². The Bertz CT molecular complexity index is 808. The van der Waals surface area contributed by atoms with Gasteiger partial charge in [-0.2, -0.15) is 0 Å². The minimum absolute atomic E-state index is 0.131. The first-order valence-electron chi connectivity index (χ1n) is 7.81. The summed E-state index contributed by atoms with van der Waals surface area (Å²) in [6.45, 7) is 0. The van der Waals surface area contributed by atoms with Crippen molar-refractivity contribution in [2.24, 2.45) is 0 Å². The predicted molar refractivity (Wildman–Crippen MR) is 92.3 cm³/mol. The topological polar surface area (TPSA) is 65.0 Å². The highest BCUT2D eigenvalue weighted by atomic mass is 16.7. The van der Waals surface area contributed by atoms with E-state index in [1.165, 1.54) is 37.7 Å². The van der Waals surface area contributed by atoms with Crippen LogP contribution in [0.25, 0.3) is 0 Å². The van der Waals surface area contributed by atoms with Crippen LogP contribution in [0.2, 0.25) is 0 Å². The Balaban J connectivity index is 1.58. The maximum atomic E-state index is 12.2. The number of hydrogen-bond donors (Lipinski definition) is 1. The molecule has 0 aliphatic carbocycles. The average molecular weight is 338 g/mol. The molecule has 128 valence electrons. The summed E-state index contributed by atoms with van der Waals surface area (Å²) in [6, 6.07) is 14.4. The maximum absolute atomic E-state index is 12.2. The van der Waals surface area contributed by atoms with E-state index in [9.17, 15) is 9.90 Å². The number of rotatable bonds is 6. The van der Waals surface area contributed by atoms with Crippen molar-refractivity contribution < 1.29 is 24.1 Å². The number of methoxy groups -OCH3 is 1. The molecule has 3 rings (SSSR count). The van der Waals surface area contributed by atoms with Gasteiger partial charge in [-0.3, -0.25) is 4.79 Å². The van der Waals surface area contributed by atoms with E-state index in [2.05, 4.69) is 0 Å². The van der Waals surface area contributed by atoms with Crippen LogP contribution in [0, 0.1) is 0 Å². The third-order valence-corrected chi connectivity index (χ3v) is 3.72. The zero-order valence-electron chi connectivity index (χ0n) is 13.7. The molecule has 0 bridgehead atoms. The lowest BCUT2D eigenvalue weighted by Crippen LogP contribution is -2.11. The van der Waals surface area contributed by atoms with Crippen LogP contribution in [0.1, 0.15) is 15.9 Å². The van der Waals surface area contributed by atoms with E-state index < -0.39 is 6.29 Å². The molecule has 0 radical (unpaired) electrons. The van der Waals surface area contributed by atoms with Crippen molar-refractivity contribution in [3.63, 3.8) is 0 Å². The van der Waals surface area contributed by atoms with Crippen LogP contribution < -0.4 is 4.74 Å². The number of allylic oxidation sites excluding steroid dienone is 2. The maximum Gasteiger partial charge on any atom is 0.244 e. The molecule has 0 amide bonds. The van der Waals surface area contributed by atoms with Gasteiger partial charge in [0.1, 0.15) is 17.8 Å². The Hall–Kier alpha value is -3.21. The first-order chi connectivity index (χ1) is 12.2. The number of carbonyl (C=O) groups excluding carboxylic acids is 1. The monoisotopic (exact) mass is 338 g/mol. The average Bonchev–Trinajstić information content (AvgIpc) is 3.07. The van der Waals surface area contributed by atoms with Gasteiger partial charge in [0.25, 0.3) is 0 Å². The largest absolute Gasteiger partial charge is 0.507 e. The summed E-state index contributed by atoms with van der Waals surface area (Å²) in [5, 5.41) is 9.89. The van der Waals surface area contributed by atoms with E-state index >= 15 is 0 Å². The zero-order valence-corrected chi connectivity index (χ0v) is 13.7. The number of phenols is 1. The lowest BCUT2D eigenvalue weighted by Gasteiger charge is -2.10. The summed E-state index contributed by atoms with van der Waals surface area (Å²) in [5.41, 5.74) is 1.29. The number of aromatic hydroxyl groups is 1. The molecule has 1 aliphatic rings. The van der Waals surface area contributed by atoms with Gasteiger partial charge in [0.15, 0.2) is 11.5 Å². The van der Waals surface area contributed by atoms with Crippen LogP contribution in [0.5, 0.6) is 11.5 Å². The molecule has 1 unspecified atom stereocenters. The molecule has 25 heavy (non-hydrogen) atoms. The van der Waals surface area contributed by atoms with Gasteiger partial charge in [-0.15, -0.1) is 0 Å². The Morgan fingerprint density at radius 3 is 2.76 bits per heavy atom. The quantitative estimate of drug-likeness (QED) is 0.644. The van der Waals surface area contributed by atoms with E-state index in [0.29, 0.717) is 17.9 Å². The standard InChI is InChI=1S/C20H18O5/c1-23-15-7-9-17(19(22)12-15)18(21)10-8-16-13-24-20(25-16)11-14-5-3-2-4-6-14/h2-10,12-13,20,22H,11H2,1H3. The molecule has 2 aromatic rings. The molecule has 0 aromatic heterocycles. The molecule has 0 saturated carbocycles. The van der Waals surface area contributed by atoms with Crippen LogP contribution in [0.3, 0.4) is 0 Å². The van der Waals surface area contributed by atoms with E-state index in [1.807, 2.05) is 30.3 Å². The summed E-state index contributed by atoms with van der Waals surface area (Å²) in [5.74, 6) is 0.476. The summed E-state index contributed by atoms with van der Waals surface area (Å²) >= 11 is 0. The SMILES string of the molecule is COc1ccc(C(=O)C=CC2=COC(Cc3ccccc3)O2)c(O)c1. The normalized spacial score (nSPS) is 16.2. The minimum atomic E-state index is -0.411. The fourth-order valence-corrected chi connectivity index (χ4v) is 2.42. The molecular formula is C20H18O5. The van der Waals surface area contributed by atoms with Crippen molar-refractivity contribution in [1.82, 2.24) is 0 Å². The van der Waals surface area contributed by atoms with E-state index in [1.54, 1.807) is 6.07 Å². The number of ketones is 1. The summed E-state index contributed by atoms with van der Waals surface area (Å²) < 4.78 is 16.1. The molecule has 1 N–H and O–H groups in total. The zero-order chi connectivity index (χ0) is 17.6. The first kappa shape index (κ1) is 16.6. The van der Waals surface area contributed by atoms with Gasteiger partial charge < -0.3 is 19.3 Å². The van der Waals surface area contributed by atoms with Gasteiger partial charge in [-0.1, -0.05) is 30.3 Å². The van der Waals surface area contributed by atoms with Crippen molar-refractivity contribution in [3.8, 4) is 11.5 Å². The molecule has 5 heteroatoms.